The summed E-state index contributed by atoms with van der Waals surface area (Å²) in [5.74, 6) is 0.943. The van der Waals surface area contributed by atoms with Crippen molar-refractivity contribution >= 4 is 5.91 Å². The van der Waals surface area contributed by atoms with E-state index in [1.807, 2.05) is 0 Å². The molecule has 0 aromatic rings. The second-order valence-corrected chi connectivity index (χ2v) is 6.13. The van der Waals surface area contributed by atoms with Crippen molar-refractivity contribution < 1.29 is 4.79 Å². The lowest BCUT2D eigenvalue weighted by Crippen LogP contribution is -2.42. The third-order valence-electron chi connectivity index (χ3n) is 4.04. The van der Waals surface area contributed by atoms with E-state index in [4.69, 9.17) is 0 Å². The number of hydrogen-bond donors (Lipinski definition) is 2. The summed E-state index contributed by atoms with van der Waals surface area (Å²) >= 11 is 0. The molecule has 0 heterocycles. The molecule has 1 amide bonds. The molecule has 0 aliphatic heterocycles. The quantitative estimate of drug-likeness (QED) is 0.630. The van der Waals surface area contributed by atoms with Crippen molar-refractivity contribution in [2.45, 2.75) is 77.7 Å². The number of carbonyl (C=O) groups excluding carboxylic acids is 1. The number of unbranched alkanes of at least 4 members (excludes halogenated alkanes) is 4. The topological polar surface area (TPSA) is 41.1 Å². The minimum Gasteiger partial charge on any atom is -0.352 e. The Kier molecular flexibility index (Phi) is 8.89. The molecule has 1 aliphatic rings. The molecule has 1 fully saturated rings. The molecule has 1 aliphatic carbocycles. The first kappa shape index (κ1) is 16.5. The summed E-state index contributed by atoms with van der Waals surface area (Å²) in [4.78, 5) is 11.8. The molecule has 0 spiro atoms. The lowest BCUT2D eigenvalue weighted by atomic mass is 9.87. The third kappa shape index (κ3) is 8.25. The van der Waals surface area contributed by atoms with Crippen LogP contribution in [0.4, 0.5) is 0 Å². The number of hydrogen-bond acceptors (Lipinski definition) is 2. The molecule has 2 atom stereocenters. The molecule has 3 heteroatoms. The first-order chi connectivity index (χ1) is 9.22. The number of carbonyl (C=O) groups is 1. The number of amides is 1. The Hall–Kier alpha value is -0.570. The van der Waals surface area contributed by atoms with E-state index in [0.29, 0.717) is 12.6 Å². The molecule has 0 radical (unpaired) electrons. The van der Waals surface area contributed by atoms with Gasteiger partial charge in [-0.15, -0.1) is 0 Å². The maximum Gasteiger partial charge on any atom is 0.234 e. The molecule has 0 saturated heterocycles. The zero-order chi connectivity index (χ0) is 13.9. The lowest BCUT2D eigenvalue weighted by molar-refractivity contribution is -0.121. The first-order valence-corrected chi connectivity index (χ1v) is 8.22. The Morgan fingerprint density at radius 2 is 1.95 bits per heavy atom. The van der Waals surface area contributed by atoms with Crippen molar-refractivity contribution in [2.75, 3.05) is 13.1 Å². The predicted molar refractivity (Wildman–Crippen MR) is 81.2 cm³/mol. The summed E-state index contributed by atoms with van der Waals surface area (Å²) in [6, 6.07) is 0.419. The van der Waals surface area contributed by atoms with E-state index < -0.39 is 0 Å². The van der Waals surface area contributed by atoms with Crippen LogP contribution in [0.2, 0.25) is 0 Å². The minimum atomic E-state index is 0.174. The monoisotopic (exact) mass is 268 g/mol. The highest BCUT2D eigenvalue weighted by Gasteiger charge is 2.19. The maximum atomic E-state index is 11.8. The van der Waals surface area contributed by atoms with E-state index in [1.165, 1.54) is 44.9 Å². The van der Waals surface area contributed by atoms with Gasteiger partial charge < -0.3 is 10.6 Å². The summed E-state index contributed by atoms with van der Waals surface area (Å²) in [6.45, 7) is 5.97. The molecule has 0 aromatic carbocycles. The average molecular weight is 268 g/mol. The molecule has 2 unspecified atom stereocenters. The summed E-state index contributed by atoms with van der Waals surface area (Å²) in [5.41, 5.74) is 0. The Bertz CT molecular complexity index is 243. The van der Waals surface area contributed by atoms with Crippen molar-refractivity contribution in [2.24, 2.45) is 5.92 Å². The maximum absolute atomic E-state index is 11.8. The predicted octanol–water partition coefficient (Wildman–Crippen LogP) is 3.24. The zero-order valence-corrected chi connectivity index (χ0v) is 12.8. The van der Waals surface area contributed by atoms with Gasteiger partial charge in [-0.05, 0) is 31.7 Å². The van der Waals surface area contributed by atoms with E-state index in [9.17, 15) is 4.79 Å². The Morgan fingerprint density at radius 1 is 1.16 bits per heavy atom. The van der Waals surface area contributed by atoms with Crippen molar-refractivity contribution in [1.29, 1.82) is 0 Å². The van der Waals surface area contributed by atoms with Crippen LogP contribution in [-0.2, 0) is 4.79 Å². The highest BCUT2D eigenvalue weighted by molar-refractivity contribution is 5.78. The fourth-order valence-corrected chi connectivity index (χ4v) is 2.90. The van der Waals surface area contributed by atoms with Gasteiger partial charge in [0.25, 0.3) is 0 Å². The first-order valence-electron chi connectivity index (χ1n) is 8.22. The fourth-order valence-electron chi connectivity index (χ4n) is 2.90. The van der Waals surface area contributed by atoms with Gasteiger partial charge in [0.2, 0.25) is 5.91 Å². The van der Waals surface area contributed by atoms with E-state index in [1.54, 1.807) is 0 Å². The van der Waals surface area contributed by atoms with Crippen LogP contribution in [0.15, 0.2) is 0 Å². The van der Waals surface area contributed by atoms with E-state index >= 15 is 0 Å². The normalized spacial score (nSPS) is 23.3. The molecule has 1 saturated carbocycles. The second kappa shape index (κ2) is 10.2. The molecule has 1 rings (SSSR count). The molecule has 0 bridgehead atoms. The summed E-state index contributed by atoms with van der Waals surface area (Å²) in [6.07, 6.45) is 11.3. The third-order valence-corrected chi connectivity index (χ3v) is 4.04. The molecule has 19 heavy (non-hydrogen) atoms. The van der Waals surface area contributed by atoms with Crippen molar-refractivity contribution in [3.63, 3.8) is 0 Å². The molecular weight excluding hydrogens is 236 g/mol. The molecule has 0 aromatic heterocycles. The van der Waals surface area contributed by atoms with Gasteiger partial charge in [0.1, 0.15) is 0 Å². The van der Waals surface area contributed by atoms with Crippen LogP contribution >= 0.6 is 0 Å². The fraction of sp³-hybridized carbons (Fsp3) is 0.938. The van der Waals surface area contributed by atoms with E-state index in [0.717, 1.165) is 25.3 Å². The standard InChI is InChI=1S/C16H32N2O/c1-3-4-5-6-7-11-17-13-16(19)18-15-10-8-9-14(2)12-15/h14-15,17H,3-13H2,1-2H3,(H,18,19). The summed E-state index contributed by atoms with van der Waals surface area (Å²) in [7, 11) is 0. The van der Waals surface area contributed by atoms with E-state index in [2.05, 4.69) is 24.5 Å². The summed E-state index contributed by atoms with van der Waals surface area (Å²) in [5, 5.41) is 6.41. The highest BCUT2D eigenvalue weighted by Crippen LogP contribution is 2.23. The van der Waals surface area contributed by atoms with Crippen molar-refractivity contribution in [3.8, 4) is 0 Å². The molecule has 2 N–H and O–H groups in total. The van der Waals surface area contributed by atoms with Gasteiger partial charge in [-0.1, -0.05) is 52.4 Å². The Labute approximate surface area is 118 Å². The van der Waals surface area contributed by atoms with Crippen LogP contribution in [-0.4, -0.2) is 25.0 Å². The molecule has 112 valence electrons. The SMILES string of the molecule is CCCCCCCNCC(=O)NC1CCCC(C)C1. The highest BCUT2D eigenvalue weighted by atomic mass is 16.1. The average Bonchev–Trinajstić information content (AvgIpc) is 2.37. The smallest absolute Gasteiger partial charge is 0.234 e. The van der Waals surface area contributed by atoms with Gasteiger partial charge in [0.15, 0.2) is 0 Å². The van der Waals surface area contributed by atoms with Crippen molar-refractivity contribution in [1.82, 2.24) is 10.6 Å². The Balaban J connectivity index is 1.95. The van der Waals surface area contributed by atoms with Gasteiger partial charge >= 0.3 is 0 Å². The second-order valence-electron chi connectivity index (χ2n) is 6.13. The van der Waals surface area contributed by atoms with Crippen LogP contribution in [0.5, 0.6) is 0 Å². The van der Waals surface area contributed by atoms with Crippen molar-refractivity contribution in [3.05, 3.63) is 0 Å². The van der Waals surface area contributed by atoms with Crippen LogP contribution in [0.1, 0.15) is 71.6 Å². The lowest BCUT2D eigenvalue weighted by Gasteiger charge is -2.27. The van der Waals surface area contributed by atoms with Gasteiger partial charge in [-0.25, -0.2) is 0 Å². The van der Waals surface area contributed by atoms with Crippen LogP contribution in [0.3, 0.4) is 0 Å². The largest absolute Gasteiger partial charge is 0.352 e. The zero-order valence-electron chi connectivity index (χ0n) is 12.8. The van der Waals surface area contributed by atoms with Gasteiger partial charge in [-0.2, -0.15) is 0 Å². The number of nitrogens with one attached hydrogen (secondary N) is 2. The minimum absolute atomic E-state index is 0.174. The molecule has 3 nitrogen and oxygen atoms in total. The van der Waals surface area contributed by atoms with Gasteiger partial charge in [-0.3, -0.25) is 4.79 Å². The Morgan fingerprint density at radius 3 is 2.68 bits per heavy atom. The molecular formula is C16H32N2O. The van der Waals surface area contributed by atoms with Crippen LogP contribution < -0.4 is 10.6 Å². The number of rotatable bonds is 9. The van der Waals surface area contributed by atoms with E-state index in [-0.39, 0.29) is 5.91 Å². The summed E-state index contributed by atoms with van der Waals surface area (Å²) < 4.78 is 0. The van der Waals surface area contributed by atoms with Gasteiger partial charge in [0, 0.05) is 6.04 Å². The van der Waals surface area contributed by atoms with Crippen LogP contribution in [0, 0.1) is 5.92 Å². The van der Waals surface area contributed by atoms with Crippen LogP contribution in [0.25, 0.3) is 0 Å². The van der Waals surface area contributed by atoms with Gasteiger partial charge in [0.05, 0.1) is 6.54 Å².